The van der Waals surface area contributed by atoms with E-state index < -0.39 is 37.0 Å². The van der Waals surface area contributed by atoms with Gasteiger partial charge in [0.1, 0.15) is 36.3 Å². The first-order valence-corrected chi connectivity index (χ1v) is 17.3. The molecule has 0 aliphatic carbocycles. The molecule has 1 aromatic carbocycles. The molecule has 0 spiro atoms. The maximum atomic E-state index is 10.3. The fourth-order valence-electron chi connectivity index (χ4n) is 2.31. The zero-order valence-electron chi connectivity index (χ0n) is 26.2. The highest BCUT2D eigenvalue weighted by Gasteiger charge is 2.11. The zero-order chi connectivity index (χ0) is 34.2. The van der Waals surface area contributed by atoms with E-state index in [4.69, 9.17) is 9.47 Å². The molecule has 16 heteroatoms. The van der Waals surface area contributed by atoms with Crippen LogP contribution < -0.4 is 20.1 Å². The lowest BCUT2D eigenvalue weighted by molar-refractivity contribution is -0.125. The number of sulfone groups is 2. The summed E-state index contributed by atoms with van der Waals surface area (Å²) in [6.45, 7) is 10.2. The van der Waals surface area contributed by atoms with Gasteiger partial charge in [-0.25, -0.2) is 16.8 Å². The molecule has 0 aromatic heterocycles. The van der Waals surface area contributed by atoms with Crippen molar-refractivity contribution >= 4 is 43.1 Å². The predicted molar refractivity (Wildman–Crippen MR) is 163 cm³/mol. The Morgan fingerprint density at radius 1 is 0.744 bits per heavy atom. The van der Waals surface area contributed by atoms with E-state index in [9.17, 15) is 46.2 Å². The molecule has 0 aliphatic rings. The first-order chi connectivity index (χ1) is 19.6. The number of nitrogens with one attached hydrogen (secondary N) is 2. The summed E-state index contributed by atoms with van der Waals surface area (Å²) >= 11 is 0. The molecule has 0 saturated carbocycles. The topological polar surface area (TPSA) is 220 Å². The third-order valence-electron chi connectivity index (χ3n) is 4.23. The number of carbonyl (C=O) groups is 4. The molecule has 0 saturated heterocycles. The molecule has 0 aliphatic heterocycles. The van der Waals surface area contributed by atoms with Crippen molar-refractivity contribution in [3.05, 3.63) is 24.3 Å². The quantitative estimate of drug-likeness (QED) is 0.161. The van der Waals surface area contributed by atoms with Crippen molar-refractivity contribution in [1.29, 1.82) is 0 Å². The number of hydrogen-bond donors (Lipinski definition) is 4. The molecule has 1 rings (SSSR count). The number of aliphatic hydroxyl groups is 2. The Morgan fingerprint density at radius 2 is 1.09 bits per heavy atom. The Kier molecular flexibility index (Phi) is 25.1. The number of aliphatic hydroxyl groups excluding tert-OH is 2. The van der Waals surface area contributed by atoms with Gasteiger partial charge in [0.15, 0.2) is 24.8 Å². The van der Waals surface area contributed by atoms with Gasteiger partial charge < -0.3 is 30.3 Å². The largest absolute Gasteiger partial charge is 0.491 e. The van der Waals surface area contributed by atoms with E-state index in [0.29, 0.717) is 24.3 Å². The standard InChI is InChI=1S/C14H22O4.C5H10N2O2.C5H8O2.C3H8O4S2/c1-3-11(15)9-17-13-6-5-7-14(8-13)18-10-12(16)4-2;1-4(8)6-3-7-5(2)9;1-4(6)3-5(2)7;1-8(4,5)3-9(2,6)7/h5-8,11-12,15-16H,3-4,9-10H2,1-2H3;3H2,1-2H3,(H,6,8)(H,7,9);3H2,1-2H3;3H2,1-2H3. The van der Waals surface area contributed by atoms with Crippen molar-refractivity contribution in [3.63, 3.8) is 0 Å². The monoisotopic (exact) mass is 656 g/mol. The van der Waals surface area contributed by atoms with Crippen LogP contribution in [-0.4, -0.2) is 100 Å². The first kappa shape index (κ1) is 44.4. The second-order valence-electron chi connectivity index (χ2n) is 9.41. The highest BCUT2D eigenvalue weighted by atomic mass is 32.3. The molecule has 2 atom stereocenters. The number of ether oxygens (including phenoxy) is 2. The van der Waals surface area contributed by atoms with E-state index in [1.807, 2.05) is 32.0 Å². The molecule has 0 radical (unpaired) electrons. The first-order valence-electron chi connectivity index (χ1n) is 13.2. The molecule has 0 fully saturated rings. The molecule has 0 bridgehead atoms. The van der Waals surface area contributed by atoms with E-state index in [0.717, 1.165) is 12.5 Å². The minimum absolute atomic E-state index is 0.0625. The Labute approximate surface area is 255 Å². The lowest BCUT2D eigenvalue weighted by Crippen LogP contribution is -2.34. The second kappa shape index (κ2) is 24.4. The van der Waals surface area contributed by atoms with E-state index in [2.05, 4.69) is 10.6 Å². The van der Waals surface area contributed by atoms with Crippen LogP contribution in [0.3, 0.4) is 0 Å². The van der Waals surface area contributed by atoms with Gasteiger partial charge in [-0.15, -0.1) is 0 Å². The van der Waals surface area contributed by atoms with Gasteiger partial charge >= 0.3 is 0 Å². The molecule has 43 heavy (non-hydrogen) atoms. The van der Waals surface area contributed by atoms with Gasteiger partial charge in [0.2, 0.25) is 11.8 Å². The minimum atomic E-state index is -3.37. The number of rotatable bonds is 14. The van der Waals surface area contributed by atoms with Crippen molar-refractivity contribution in [2.45, 2.75) is 73.0 Å². The van der Waals surface area contributed by atoms with Crippen LogP contribution >= 0.6 is 0 Å². The highest BCUT2D eigenvalue weighted by Crippen LogP contribution is 2.20. The van der Waals surface area contributed by atoms with Crippen LogP contribution in [0.2, 0.25) is 0 Å². The van der Waals surface area contributed by atoms with Crippen LogP contribution in [-0.2, 0) is 38.9 Å². The number of carbonyl (C=O) groups excluding carboxylic acids is 4. The van der Waals surface area contributed by atoms with Crippen LogP contribution in [0.1, 0.15) is 60.8 Å². The van der Waals surface area contributed by atoms with Crippen molar-refractivity contribution in [2.75, 3.05) is 37.5 Å². The van der Waals surface area contributed by atoms with Crippen molar-refractivity contribution < 1.29 is 55.7 Å². The maximum absolute atomic E-state index is 10.3. The molecule has 4 N–H and O–H groups in total. The van der Waals surface area contributed by atoms with Crippen molar-refractivity contribution in [1.82, 2.24) is 10.6 Å². The van der Waals surface area contributed by atoms with Crippen LogP contribution in [0.15, 0.2) is 24.3 Å². The Hall–Kier alpha value is -3.08. The summed E-state index contributed by atoms with van der Waals surface area (Å²) in [5.41, 5.74) is 0. The normalized spacial score (nSPS) is 11.8. The van der Waals surface area contributed by atoms with Gasteiger partial charge in [-0.2, -0.15) is 0 Å². The zero-order valence-corrected chi connectivity index (χ0v) is 27.8. The highest BCUT2D eigenvalue weighted by molar-refractivity contribution is 8.07. The minimum Gasteiger partial charge on any atom is -0.491 e. The van der Waals surface area contributed by atoms with E-state index in [1.165, 1.54) is 27.7 Å². The fraction of sp³-hybridized carbons (Fsp3) is 0.630. The average Bonchev–Trinajstić information content (AvgIpc) is 2.83. The number of amides is 2. The van der Waals surface area contributed by atoms with Crippen molar-refractivity contribution in [2.24, 2.45) is 0 Å². The lowest BCUT2D eigenvalue weighted by Gasteiger charge is -2.13. The Morgan fingerprint density at radius 3 is 1.30 bits per heavy atom. The van der Waals surface area contributed by atoms with E-state index >= 15 is 0 Å². The van der Waals surface area contributed by atoms with Gasteiger partial charge in [-0.3, -0.25) is 19.2 Å². The fourth-order valence-corrected chi connectivity index (χ4v) is 5.42. The average molecular weight is 657 g/mol. The summed E-state index contributed by atoms with van der Waals surface area (Å²) in [5, 5.41) is 22.9. The van der Waals surface area contributed by atoms with Crippen molar-refractivity contribution in [3.8, 4) is 11.5 Å². The van der Waals surface area contributed by atoms with E-state index in [-0.39, 0.29) is 49.7 Å². The molecular formula is C27H48N2O12S2. The van der Waals surface area contributed by atoms with Crippen LogP contribution in [0.5, 0.6) is 11.5 Å². The van der Waals surface area contributed by atoms with E-state index in [1.54, 1.807) is 6.07 Å². The van der Waals surface area contributed by atoms with Gasteiger partial charge in [0.05, 0.1) is 25.3 Å². The SMILES string of the molecule is CC(=O)CC(C)=O.CC(=O)NCNC(C)=O.CCC(O)COc1cccc(OCC(O)CC)c1.CS(=O)(=O)CS(C)(=O)=O. The summed E-state index contributed by atoms with van der Waals surface area (Å²) in [6.07, 6.45) is 2.29. The molecule has 250 valence electrons. The third-order valence-corrected chi connectivity index (χ3v) is 7.66. The summed E-state index contributed by atoms with van der Waals surface area (Å²) in [7, 11) is -6.74. The summed E-state index contributed by atoms with van der Waals surface area (Å²) in [5.74, 6) is 0.893. The van der Waals surface area contributed by atoms with Gasteiger partial charge in [0.25, 0.3) is 0 Å². The molecule has 0 heterocycles. The second-order valence-corrected chi connectivity index (χ2v) is 14.1. The number of benzene rings is 1. The molecule has 2 amide bonds. The summed E-state index contributed by atoms with van der Waals surface area (Å²) < 4.78 is 52.0. The van der Waals surface area contributed by atoms with Crippen LogP contribution in [0.4, 0.5) is 0 Å². The third kappa shape index (κ3) is 38.9. The van der Waals surface area contributed by atoms with Crippen LogP contribution in [0.25, 0.3) is 0 Å². The smallest absolute Gasteiger partial charge is 0.218 e. The Balaban J connectivity index is -0.000000543. The number of hydrogen-bond acceptors (Lipinski definition) is 12. The van der Waals surface area contributed by atoms with Gasteiger partial charge in [-0.1, -0.05) is 19.9 Å². The maximum Gasteiger partial charge on any atom is 0.218 e. The Bertz CT molecular complexity index is 1100. The summed E-state index contributed by atoms with van der Waals surface area (Å²) in [6, 6.07) is 7.20. The van der Waals surface area contributed by atoms with Crippen LogP contribution in [0, 0.1) is 0 Å². The number of ketones is 2. The van der Waals surface area contributed by atoms with Gasteiger partial charge in [-0.05, 0) is 38.8 Å². The van der Waals surface area contributed by atoms with Gasteiger partial charge in [0, 0.05) is 32.4 Å². The molecule has 1 aromatic rings. The lowest BCUT2D eigenvalue weighted by atomic mass is 10.2. The number of Topliss-reactive ketones (excluding diaryl/α,β-unsaturated/α-hetero) is 2. The summed E-state index contributed by atoms with van der Waals surface area (Å²) in [4.78, 5) is 40.4. The molecule has 14 nitrogen and oxygen atoms in total. The molecule has 2 unspecified atom stereocenters. The predicted octanol–water partition coefficient (Wildman–Crippen LogP) is 0.790. The molecular weight excluding hydrogens is 608 g/mol.